The van der Waals surface area contributed by atoms with Gasteiger partial charge in [-0.2, -0.15) is 0 Å². The number of nitrogens with zero attached hydrogens (tertiary/aromatic N) is 2. The summed E-state index contributed by atoms with van der Waals surface area (Å²) in [5, 5.41) is 0. The second-order valence-corrected chi connectivity index (χ2v) is 9.29. The van der Waals surface area contributed by atoms with Crippen molar-refractivity contribution < 1.29 is 22.3 Å². The quantitative estimate of drug-likeness (QED) is 0.513. The number of halogens is 1. The number of benzene rings is 3. The van der Waals surface area contributed by atoms with Crippen molar-refractivity contribution in [3.63, 3.8) is 0 Å². The molecular formula is C24H25FN2O4S. The Morgan fingerprint density at radius 1 is 0.906 bits per heavy atom. The minimum Gasteiger partial charge on any atom is -0.496 e. The molecule has 32 heavy (non-hydrogen) atoms. The van der Waals surface area contributed by atoms with Gasteiger partial charge in [0.15, 0.2) is 0 Å². The van der Waals surface area contributed by atoms with Crippen LogP contribution < -0.4 is 9.04 Å². The van der Waals surface area contributed by atoms with Crippen molar-refractivity contribution >= 4 is 21.6 Å². The fraction of sp³-hybridized carbons (Fsp3) is 0.208. The molecule has 0 bridgehead atoms. The summed E-state index contributed by atoms with van der Waals surface area (Å²) in [7, 11) is -0.412. The largest absolute Gasteiger partial charge is 0.496 e. The predicted octanol–water partition coefficient (Wildman–Crippen LogP) is 4.07. The molecule has 0 aromatic heterocycles. The van der Waals surface area contributed by atoms with Crippen LogP contribution in [0.25, 0.3) is 0 Å². The monoisotopic (exact) mass is 456 g/mol. The van der Waals surface area contributed by atoms with Crippen LogP contribution in [-0.4, -0.2) is 39.6 Å². The lowest BCUT2D eigenvalue weighted by Crippen LogP contribution is -2.30. The molecule has 3 aromatic rings. The number of carbonyl (C=O) groups is 1. The molecule has 0 aliphatic carbocycles. The molecule has 1 amide bonds. The van der Waals surface area contributed by atoms with E-state index < -0.39 is 15.8 Å². The van der Waals surface area contributed by atoms with Crippen LogP contribution in [0, 0.1) is 5.82 Å². The lowest BCUT2D eigenvalue weighted by atomic mass is 10.1. The number of sulfonamides is 1. The second-order valence-electron chi connectivity index (χ2n) is 7.38. The van der Waals surface area contributed by atoms with E-state index in [2.05, 4.69) is 0 Å². The van der Waals surface area contributed by atoms with Gasteiger partial charge in [0.1, 0.15) is 11.6 Å². The maximum absolute atomic E-state index is 14.1. The van der Waals surface area contributed by atoms with Gasteiger partial charge < -0.3 is 9.64 Å². The molecule has 0 fully saturated rings. The molecule has 8 heteroatoms. The van der Waals surface area contributed by atoms with Crippen LogP contribution >= 0.6 is 0 Å². The van der Waals surface area contributed by atoms with Gasteiger partial charge in [0.05, 0.1) is 25.6 Å². The van der Waals surface area contributed by atoms with Crippen LogP contribution in [0.15, 0.2) is 72.8 Å². The van der Waals surface area contributed by atoms with Gasteiger partial charge >= 0.3 is 0 Å². The van der Waals surface area contributed by atoms with Crippen molar-refractivity contribution in [2.45, 2.75) is 13.1 Å². The molecule has 3 rings (SSSR count). The normalized spacial score (nSPS) is 11.1. The number of amides is 1. The first-order valence-corrected chi connectivity index (χ1v) is 11.7. The number of anilines is 1. The summed E-state index contributed by atoms with van der Waals surface area (Å²) in [4.78, 5) is 14.4. The highest BCUT2D eigenvalue weighted by Crippen LogP contribution is 2.24. The number of hydrogen-bond donors (Lipinski definition) is 0. The number of para-hydroxylation sites is 1. The molecule has 0 atom stereocenters. The molecule has 0 unspecified atom stereocenters. The van der Waals surface area contributed by atoms with Crippen molar-refractivity contribution in [1.29, 1.82) is 0 Å². The Morgan fingerprint density at radius 2 is 1.50 bits per heavy atom. The first-order chi connectivity index (χ1) is 15.2. The average molecular weight is 457 g/mol. The van der Waals surface area contributed by atoms with Gasteiger partial charge in [-0.1, -0.05) is 36.4 Å². The summed E-state index contributed by atoms with van der Waals surface area (Å²) in [5.41, 5.74) is 1.88. The van der Waals surface area contributed by atoms with E-state index in [0.717, 1.165) is 16.1 Å². The molecule has 0 aliphatic heterocycles. The smallest absolute Gasteiger partial charge is 0.253 e. The minimum absolute atomic E-state index is 0.146. The van der Waals surface area contributed by atoms with E-state index in [1.54, 1.807) is 55.5 Å². The highest BCUT2D eigenvalue weighted by molar-refractivity contribution is 7.92. The highest BCUT2D eigenvalue weighted by Gasteiger charge is 2.20. The summed E-state index contributed by atoms with van der Waals surface area (Å²) >= 11 is 0. The van der Waals surface area contributed by atoms with E-state index in [0.29, 0.717) is 23.5 Å². The Labute approximate surface area is 187 Å². The van der Waals surface area contributed by atoms with E-state index in [1.807, 2.05) is 24.3 Å². The van der Waals surface area contributed by atoms with Gasteiger partial charge in [-0.05, 0) is 36.4 Å². The number of hydrogen-bond acceptors (Lipinski definition) is 4. The van der Waals surface area contributed by atoms with Crippen molar-refractivity contribution in [2.24, 2.45) is 0 Å². The van der Waals surface area contributed by atoms with Crippen LogP contribution in [0.3, 0.4) is 0 Å². The molecule has 0 saturated heterocycles. The molecule has 0 spiro atoms. The van der Waals surface area contributed by atoms with Gasteiger partial charge in [0.2, 0.25) is 10.0 Å². The van der Waals surface area contributed by atoms with Gasteiger partial charge in [0, 0.05) is 30.3 Å². The maximum atomic E-state index is 14.1. The van der Waals surface area contributed by atoms with E-state index in [4.69, 9.17) is 4.74 Å². The second kappa shape index (κ2) is 9.82. The van der Waals surface area contributed by atoms with Crippen LogP contribution in [0.2, 0.25) is 0 Å². The first kappa shape index (κ1) is 23.3. The molecule has 0 aliphatic rings. The van der Waals surface area contributed by atoms with Crippen molar-refractivity contribution in [3.8, 4) is 5.75 Å². The topological polar surface area (TPSA) is 66.9 Å². The number of methoxy groups -OCH3 is 1. The Bertz CT molecular complexity index is 1200. The SMILES string of the molecule is COc1ccccc1CN(C)C(=O)c1ccc(N(Cc2ccccc2F)S(C)(=O)=O)cc1. The third-order valence-electron chi connectivity index (χ3n) is 5.02. The van der Waals surface area contributed by atoms with Crippen LogP contribution in [-0.2, 0) is 23.1 Å². The number of carbonyl (C=O) groups excluding carboxylic acids is 1. The molecule has 6 nitrogen and oxygen atoms in total. The van der Waals surface area contributed by atoms with E-state index in [-0.39, 0.29) is 18.0 Å². The average Bonchev–Trinajstić information content (AvgIpc) is 2.77. The predicted molar refractivity (Wildman–Crippen MR) is 123 cm³/mol. The summed E-state index contributed by atoms with van der Waals surface area (Å²) in [6.07, 6.45) is 1.06. The zero-order valence-corrected chi connectivity index (χ0v) is 19.0. The van der Waals surface area contributed by atoms with Crippen LogP contribution in [0.5, 0.6) is 5.75 Å². The Morgan fingerprint density at radius 3 is 2.09 bits per heavy atom. The molecule has 0 radical (unpaired) electrons. The van der Waals surface area contributed by atoms with Crippen molar-refractivity contribution in [3.05, 3.63) is 95.3 Å². The molecule has 3 aromatic carbocycles. The van der Waals surface area contributed by atoms with Gasteiger partial charge in [0.25, 0.3) is 5.91 Å². The molecule has 0 saturated carbocycles. The standard InChI is InChI=1S/C24H25FN2O4S/c1-26(16-20-9-5-7-11-23(20)31-2)24(28)18-12-14-21(15-13-18)27(32(3,29)30)17-19-8-4-6-10-22(19)25/h4-15H,16-17H2,1-3H3. The third kappa shape index (κ3) is 5.45. The highest BCUT2D eigenvalue weighted by atomic mass is 32.2. The fourth-order valence-corrected chi connectivity index (χ4v) is 4.21. The molecular weight excluding hydrogens is 431 g/mol. The summed E-state index contributed by atoms with van der Waals surface area (Å²) in [6, 6.07) is 19.7. The molecule has 0 heterocycles. The van der Waals surface area contributed by atoms with Crippen LogP contribution in [0.4, 0.5) is 10.1 Å². The van der Waals surface area contributed by atoms with Gasteiger partial charge in [-0.3, -0.25) is 9.10 Å². The zero-order valence-electron chi connectivity index (χ0n) is 18.2. The number of ether oxygens (including phenoxy) is 1. The van der Waals surface area contributed by atoms with Crippen molar-refractivity contribution in [2.75, 3.05) is 24.7 Å². The number of rotatable bonds is 8. The Hall–Kier alpha value is -3.39. The lowest BCUT2D eigenvalue weighted by Gasteiger charge is -2.23. The molecule has 168 valence electrons. The molecule has 0 N–H and O–H groups in total. The summed E-state index contributed by atoms with van der Waals surface area (Å²) < 4.78 is 45.2. The van der Waals surface area contributed by atoms with Gasteiger partial charge in [-0.15, -0.1) is 0 Å². The van der Waals surface area contributed by atoms with Gasteiger partial charge in [-0.25, -0.2) is 12.8 Å². The van der Waals surface area contributed by atoms with E-state index in [9.17, 15) is 17.6 Å². The Balaban J connectivity index is 1.80. The van der Waals surface area contributed by atoms with Crippen molar-refractivity contribution in [1.82, 2.24) is 4.90 Å². The first-order valence-electron chi connectivity index (χ1n) is 9.89. The van der Waals surface area contributed by atoms with E-state index in [1.165, 1.54) is 12.1 Å². The fourth-order valence-electron chi connectivity index (χ4n) is 3.33. The van der Waals surface area contributed by atoms with Crippen LogP contribution in [0.1, 0.15) is 21.5 Å². The minimum atomic E-state index is -3.67. The Kier molecular flexibility index (Phi) is 7.15. The lowest BCUT2D eigenvalue weighted by molar-refractivity contribution is 0.0784. The third-order valence-corrected chi connectivity index (χ3v) is 6.16. The zero-order chi connectivity index (χ0) is 23.3. The van der Waals surface area contributed by atoms with E-state index >= 15 is 0 Å². The summed E-state index contributed by atoms with van der Waals surface area (Å²) in [5.74, 6) is -0.00665. The summed E-state index contributed by atoms with van der Waals surface area (Å²) in [6.45, 7) is 0.208. The maximum Gasteiger partial charge on any atom is 0.253 e.